The van der Waals surface area contributed by atoms with Gasteiger partial charge in [-0.2, -0.15) is 0 Å². The first-order chi connectivity index (χ1) is 8.65. The van der Waals surface area contributed by atoms with Gasteiger partial charge >= 0.3 is 0 Å². The molecule has 0 aromatic rings. The van der Waals surface area contributed by atoms with E-state index in [-0.39, 0.29) is 5.41 Å². The fourth-order valence-electron chi connectivity index (χ4n) is 3.74. The molecular formula is C16H29NO. The minimum Gasteiger partial charge on any atom is -0.303 e. The molecule has 1 aliphatic heterocycles. The van der Waals surface area contributed by atoms with Crippen molar-refractivity contribution in [2.75, 3.05) is 19.6 Å². The molecule has 0 N–H and O–H groups in total. The molecule has 1 atom stereocenters. The maximum absolute atomic E-state index is 11.6. The van der Waals surface area contributed by atoms with Crippen molar-refractivity contribution in [3.05, 3.63) is 0 Å². The van der Waals surface area contributed by atoms with Gasteiger partial charge in [0.25, 0.3) is 0 Å². The van der Waals surface area contributed by atoms with Gasteiger partial charge in [-0.15, -0.1) is 0 Å². The molecule has 0 amide bonds. The zero-order valence-electron chi connectivity index (χ0n) is 12.2. The van der Waals surface area contributed by atoms with Crippen LogP contribution in [0.3, 0.4) is 0 Å². The summed E-state index contributed by atoms with van der Waals surface area (Å²) in [5.41, 5.74) is -0.0115. The van der Waals surface area contributed by atoms with Crippen molar-refractivity contribution < 1.29 is 4.79 Å². The number of hydrogen-bond acceptors (Lipinski definition) is 2. The molecule has 1 unspecified atom stereocenters. The maximum Gasteiger partial charge on any atom is 0.127 e. The molecule has 104 valence electrons. The molecule has 0 aromatic heterocycles. The van der Waals surface area contributed by atoms with Crippen LogP contribution in [-0.2, 0) is 4.79 Å². The van der Waals surface area contributed by atoms with Gasteiger partial charge in [0.1, 0.15) is 6.29 Å². The lowest BCUT2D eigenvalue weighted by Crippen LogP contribution is -2.38. The van der Waals surface area contributed by atoms with Gasteiger partial charge in [-0.05, 0) is 37.6 Å². The monoisotopic (exact) mass is 251 g/mol. The summed E-state index contributed by atoms with van der Waals surface area (Å²) >= 11 is 0. The number of aldehydes is 1. The topological polar surface area (TPSA) is 20.3 Å². The van der Waals surface area contributed by atoms with Gasteiger partial charge in [-0.3, -0.25) is 0 Å². The van der Waals surface area contributed by atoms with Crippen molar-refractivity contribution in [1.29, 1.82) is 0 Å². The highest BCUT2D eigenvalue weighted by atomic mass is 16.1. The summed E-state index contributed by atoms with van der Waals surface area (Å²) in [4.78, 5) is 14.2. The van der Waals surface area contributed by atoms with Crippen LogP contribution >= 0.6 is 0 Å². The SMILES string of the molecule is CC(C)C1CCN(CC2(C=O)CCCCCC2)C1. The highest BCUT2D eigenvalue weighted by molar-refractivity contribution is 5.59. The van der Waals surface area contributed by atoms with Crippen molar-refractivity contribution in [3.63, 3.8) is 0 Å². The van der Waals surface area contributed by atoms with Gasteiger partial charge in [0.15, 0.2) is 0 Å². The lowest BCUT2D eigenvalue weighted by atomic mass is 9.81. The Morgan fingerprint density at radius 3 is 2.39 bits per heavy atom. The number of likely N-dealkylation sites (tertiary alicyclic amines) is 1. The predicted octanol–water partition coefficient (Wildman–Crippen LogP) is 3.50. The minimum atomic E-state index is -0.0115. The van der Waals surface area contributed by atoms with E-state index in [2.05, 4.69) is 18.7 Å². The fourth-order valence-corrected chi connectivity index (χ4v) is 3.74. The summed E-state index contributed by atoms with van der Waals surface area (Å²) in [6.07, 6.45) is 10.0. The van der Waals surface area contributed by atoms with E-state index in [4.69, 9.17) is 0 Å². The number of hydrogen-bond donors (Lipinski definition) is 0. The van der Waals surface area contributed by atoms with Gasteiger partial charge in [0.2, 0.25) is 0 Å². The van der Waals surface area contributed by atoms with E-state index < -0.39 is 0 Å². The molecule has 0 radical (unpaired) electrons. The van der Waals surface area contributed by atoms with Gasteiger partial charge in [-0.1, -0.05) is 39.5 Å². The Morgan fingerprint density at radius 2 is 1.89 bits per heavy atom. The van der Waals surface area contributed by atoms with Gasteiger partial charge in [0.05, 0.1) is 0 Å². The lowest BCUT2D eigenvalue weighted by Gasteiger charge is -2.31. The first-order valence-corrected chi connectivity index (χ1v) is 7.84. The third kappa shape index (κ3) is 3.34. The largest absolute Gasteiger partial charge is 0.303 e. The number of carbonyl (C=O) groups excluding carboxylic acids is 1. The second-order valence-corrected chi connectivity index (χ2v) is 6.92. The maximum atomic E-state index is 11.6. The molecule has 1 saturated heterocycles. The summed E-state index contributed by atoms with van der Waals surface area (Å²) in [5, 5.41) is 0. The number of rotatable bonds is 4. The highest BCUT2D eigenvalue weighted by Crippen LogP contribution is 2.36. The normalized spacial score (nSPS) is 29.4. The zero-order chi connectivity index (χ0) is 13.0. The highest BCUT2D eigenvalue weighted by Gasteiger charge is 2.35. The molecule has 2 rings (SSSR count). The van der Waals surface area contributed by atoms with Crippen LogP contribution in [0.5, 0.6) is 0 Å². The van der Waals surface area contributed by atoms with Crippen LogP contribution in [0.25, 0.3) is 0 Å². The Morgan fingerprint density at radius 1 is 1.22 bits per heavy atom. The predicted molar refractivity (Wildman–Crippen MR) is 75.6 cm³/mol. The third-order valence-electron chi connectivity index (χ3n) is 5.14. The quantitative estimate of drug-likeness (QED) is 0.563. The average molecular weight is 251 g/mol. The Labute approximate surface area is 112 Å². The van der Waals surface area contributed by atoms with Gasteiger partial charge < -0.3 is 9.69 Å². The van der Waals surface area contributed by atoms with Crippen LogP contribution in [0.2, 0.25) is 0 Å². The third-order valence-corrected chi connectivity index (χ3v) is 5.14. The number of nitrogens with zero attached hydrogens (tertiary/aromatic N) is 1. The second kappa shape index (κ2) is 6.18. The van der Waals surface area contributed by atoms with Crippen LogP contribution in [-0.4, -0.2) is 30.8 Å². The molecule has 1 aliphatic carbocycles. The molecule has 2 heteroatoms. The molecule has 0 bridgehead atoms. The van der Waals surface area contributed by atoms with Crippen molar-refractivity contribution in [1.82, 2.24) is 4.90 Å². The first-order valence-electron chi connectivity index (χ1n) is 7.84. The fraction of sp³-hybridized carbons (Fsp3) is 0.938. The van der Waals surface area contributed by atoms with Crippen molar-refractivity contribution in [2.24, 2.45) is 17.3 Å². The minimum absolute atomic E-state index is 0.0115. The van der Waals surface area contributed by atoms with Crippen molar-refractivity contribution in [3.8, 4) is 0 Å². The zero-order valence-corrected chi connectivity index (χ0v) is 12.2. The summed E-state index contributed by atoms with van der Waals surface area (Å²) in [5.74, 6) is 1.63. The van der Waals surface area contributed by atoms with Crippen LogP contribution in [0.15, 0.2) is 0 Å². The van der Waals surface area contributed by atoms with Crippen LogP contribution in [0.4, 0.5) is 0 Å². The van der Waals surface area contributed by atoms with Crippen molar-refractivity contribution >= 4 is 6.29 Å². The summed E-state index contributed by atoms with van der Waals surface area (Å²) < 4.78 is 0. The van der Waals surface area contributed by atoms with E-state index in [1.165, 1.54) is 51.5 Å². The lowest BCUT2D eigenvalue weighted by molar-refractivity contribution is -0.118. The van der Waals surface area contributed by atoms with E-state index in [0.29, 0.717) is 0 Å². The molecule has 1 saturated carbocycles. The van der Waals surface area contributed by atoms with Gasteiger partial charge in [0, 0.05) is 18.5 Å². The molecule has 18 heavy (non-hydrogen) atoms. The number of carbonyl (C=O) groups is 1. The standard InChI is InChI=1S/C16H29NO/c1-14(2)15-7-10-17(11-15)12-16(13-18)8-5-3-4-6-9-16/h13-15H,3-12H2,1-2H3. The van der Waals surface area contributed by atoms with Gasteiger partial charge in [-0.25, -0.2) is 0 Å². The van der Waals surface area contributed by atoms with Crippen molar-refractivity contribution in [2.45, 2.75) is 58.8 Å². The van der Waals surface area contributed by atoms with E-state index in [1.807, 2.05) is 0 Å². The molecule has 1 heterocycles. The Bertz CT molecular complexity index is 266. The molecular weight excluding hydrogens is 222 g/mol. The Balaban J connectivity index is 1.92. The molecule has 2 fully saturated rings. The van der Waals surface area contributed by atoms with Crippen LogP contribution in [0.1, 0.15) is 58.8 Å². The Hall–Kier alpha value is -0.370. The molecule has 0 spiro atoms. The molecule has 2 nitrogen and oxygen atoms in total. The van der Waals surface area contributed by atoms with E-state index in [1.54, 1.807) is 0 Å². The Kier molecular flexibility index (Phi) is 4.83. The summed E-state index contributed by atoms with van der Waals surface area (Å²) in [6, 6.07) is 0. The smallest absolute Gasteiger partial charge is 0.127 e. The second-order valence-electron chi connectivity index (χ2n) is 6.92. The van der Waals surface area contributed by atoms with Crippen LogP contribution in [0, 0.1) is 17.3 Å². The van der Waals surface area contributed by atoms with E-state index >= 15 is 0 Å². The molecule has 2 aliphatic rings. The van der Waals surface area contributed by atoms with E-state index in [9.17, 15) is 4.79 Å². The molecule has 0 aromatic carbocycles. The van der Waals surface area contributed by atoms with Crippen LogP contribution < -0.4 is 0 Å². The summed E-state index contributed by atoms with van der Waals surface area (Å²) in [7, 11) is 0. The summed E-state index contributed by atoms with van der Waals surface area (Å²) in [6.45, 7) is 8.11. The average Bonchev–Trinajstić information content (AvgIpc) is 2.69. The first kappa shape index (κ1) is 14.0. The van der Waals surface area contributed by atoms with E-state index in [0.717, 1.165) is 31.2 Å².